The topological polar surface area (TPSA) is 73.6 Å². The van der Waals surface area contributed by atoms with Crippen LogP contribution in [0.25, 0.3) is 0 Å². The number of methoxy groups -OCH3 is 1. The van der Waals surface area contributed by atoms with Crippen molar-refractivity contribution in [3.8, 4) is 11.5 Å². The first-order chi connectivity index (χ1) is 12.5. The largest absolute Gasteiger partial charge is 0.493 e. The smallest absolute Gasteiger partial charge is 0.251 e. The molecule has 3 rings (SSSR count). The average Bonchev–Trinajstić information content (AvgIpc) is 2.60. The van der Waals surface area contributed by atoms with Gasteiger partial charge in [-0.3, -0.25) is 4.79 Å². The number of nitrogens with two attached hydrogens (primary N) is 1. The number of nitrogens with one attached hydrogen (secondary N) is 1. The van der Waals surface area contributed by atoms with Crippen LogP contribution in [0, 0.1) is 11.8 Å². The molecule has 1 aromatic rings. The Hall–Kier alpha value is -1.17. The molecule has 152 valence electrons. The van der Waals surface area contributed by atoms with Gasteiger partial charge in [0.05, 0.1) is 18.7 Å². The van der Waals surface area contributed by atoms with E-state index in [4.69, 9.17) is 26.8 Å². The Morgan fingerprint density at radius 2 is 1.96 bits per heavy atom. The van der Waals surface area contributed by atoms with Gasteiger partial charge in [-0.05, 0) is 56.1 Å². The van der Waals surface area contributed by atoms with E-state index in [1.807, 2.05) is 6.92 Å². The highest BCUT2D eigenvalue weighted by Gasteiger charge is 2.40. The second kappa shape index (κ2) is 9.85. The second-order valence-electron chi connectivity index (χ2n) is 7.52. The Bertz CT molecular complexity index is 642. The summed E-state index contributed by atoms with van der Waals surface area (Å²) in [5, 5.41) is 3.65. The summed E-state index contributed by atoms with van der Waals surface area (Å²) in [5.41, 5.74) is 6.69. The van der Waals surface area contributed by atoms with Crippen molar-refractivity contribution < 1.29 is 14.3 Å². The number of ether oxygens (including phenoxy) is 2. The number of amides is 1. The maximum atomic E-state index is 12.9. The predicted octanol–water partition coefficient (Wildman–Crippen LogP) is 4.20. The first-order valence-corrected chi connectivity index (χ1v) is 9.98. The molecule has 3 N–H and O–H groups in total. The van der Waals surface area contributed by atoms with Crippen LogP contribution in [0.1, 0.15) is 55.8 Å². The second-order valence-corrected chi connectivity index (χ2v) is 7.93. The van der Waals surface area contributed by atoms with Crippen LogP contribution in [0.4, 0.5) is 0 Å². The van der Waals surface area contributed by atoms with Crippen LogP contribution in [-0.2, 0) is 0 Å². The van der Waals surface area contributed by atoms with Crippen molar-refractivity contribution in [2.75, 3.05) is 13.7 Å². The zero-order valence-electron chi connectivity index (χ0n) is 16.0. The highest BCUT2D eigenvalue weighted by Crippen LogP contribution is 2.40. The first kappa shape index (κ1) is 22.1. The lowest BCUT2D eigenvalue weighted by Crippen LogP contribution is -2.53. The van der Waals surface area contributed by atoms with Gasteiger partial charge in [-0.25, -0.2) is 0 Å². The van der Waals surface area contributed by atoms with Gasteiger partial charge in [0, 0.05) is 17.6 Å². The summed E-state index contributed by atoms with van der Waals surface area (Å²) in [6, 6.07) is 3.84. The van der Waals surface area contributed by atoms with Crippen molar-refractivity contribution in [3.05, 3.63) is 22.7 Å². The maximum Gasteiger partial charge on any atom is 0.251 e. The normalized spacial score (nSPS) is 26.7. The summed E-state index contributed by atoms with van der Waals surface area (Å²) in [6.07, 6.45) is 6.38. The summed E-state index contributed by atoms with van der Waals surface area (Å²) in [4.78, 5) is 12.9. The van der Waals surface area contributed by atoms with Crippen LogP contribution < -0.4 is 20.5 Å². The average molecular weight is 417 g/mol. The summed E-state index contributed by atoms with van der Waals surface area (Å²) >= 11 is 6.35. The van der Waals surface area contributed by atoms with E-state index in [1.54, 1.807) is 19.2 Å². The van der Waals surface area contributed by atoms with Gasteiger partial charge in [0.25, 0.3) is 5.91 Å². The highest BCUT2D eigenvalue weighted by molar-refractivity contribution is 6.32. The lowest BCUT2D eigenvalue weighted by molar-refractivity contribution is 0.0755. The van der Waals surface area contributed by atoms with E-state index in [-0.39, 0.29) is 30.4 Å². The van der Waals surface area contributed by atoms with Crippen LogP contribution in [-0.4, -0.2) is 31.7 Å². The van der Waals surface area contributed by atoms with Gasteiger partial charge >= 0.3 is 0 Å². The van der Waals surface area contributed by atoms with Crippen LogP contribution in [0.3, 0.4) is 0 Å². The summed E-state index contributed by atoms with van der Waals surface area (Å²) in [7, 11) is 1.55. The number of fused-ring (bicyclic) bond motifs is 2. The molecule has 2 aliphatic rings. The minimum Gasteiger partial charge on any atom is -0.493 e. The standard InChI is InChI=1S/C20H29ClN2O3.ClH/c1-3-7-26-19-16(21)10-14(11-17(19)25-2)20(24)23-18-12-5-4-6-13(18)9-15(22)8-12;/h10-13,15,18H,3-9,22H2,1-2H3,(H,23,24);1H. The van der Waals surface area contributed by atoms with Crippen molar-refractivity contribution >= 4 is 29.9 Å². The molecule has 5 nitrogen and oxygen atoms in total. The van der Waals surface area contributed by atoms with Gasteiger partial charge in [0.1, 0.15) is 0 Å². The molecule has 2 atom stereocenters. The molecule has 0 spiro atoms. The third kappa shape index (κ3) is 5.01. The number of hydrogen-bond acceptors (Lipinski definition) is 4. The molecule has 0 saturated heterocycles. The van der Waals surface area contributed by atoms with Gasteiger partial charge in [-0.2, -0.15) is 0 Å². The maximum absolute atomic E-state index is 12.9. The molecule has 2 unspecified atom stereocenters. The number of hydrogen-bond donors (Lipinski definition) is 2. The van der Waals surface area contributed by atoms with E-state index < -0.39 is 0 Å². The monoisotopic (exact) mass is 416 g/mol. The third-order valence-corrected chi connectivity index (χ3v) is 5.90. The third-order valence-electron chi connectivity index (χ3n) is 5.62. The Labute approximate surface area is 172 Å². The number of carbonyl (C=O) groups is 1. The van der Waals surface area contributed by atoms with Crippen LogP contribution in [0.2, 0.25) is 5.02 Å². The van der Waals surface area contributed by atoms with Gasteiger partial charge in [0.15, 0.2) is 11.5 Å². The van der Waals surface area contributed by atoms with E-state index >= 15 is 0 Å². The Morgan fingerprint density at radius 3 is 2.56 bits per heavy atom. The van der Waals surface area contributed by atoms with Crippen molar-refractivity contribution in [2.24, 2.45) is 17.6 Å². The summed E-state index contributed by atoms with van der Waals surface area (Å²) in [6.45, 7) is 2.57. The molecule has 1 aromatic carbocycles. The Morgan fingerprint density at radius 1 is 1.30 bits per heavy atom. The number of carbonyl (C=O) groups excluding carboxylic acids is 1. The van der Waals surface area contributed by atoms with Crippen molar-refractivity contribution in [3.63, 3.8) is 0 Å². The van der Waals surface area contributed by atoms with Gasteiger partial charge in [0.2, 0.25) is 0 Å². The van der Waals surface area contributed by atoms with Gasteiger partial charge in [-0.1, -0.05) is 24.9 Å². The fraction of sp³-hybridized carbons (Fsp3) is 0.650. The molecule has 0 aromatic heterocycles. The van der Waals surface area contributed by atoms with Gasteiger partial charge < -0.3 is 20.5 Å². The minimum atomic E-state index is -0.107. The molecule has 2 bridgehead atoms. The van der Waals surface area contributed by atoms with E-state index in [0.29, 0.717) is 40.5 Å². The molecule has 0 aliphatic heterocycles. The fourth-order valence-electron chi connectivity index (χ4n) is 4.45. The van der Waals surface area contributed by atoms with Crippen LogP contribution >= 0.6 is 24.0 Å². The molecule has 0 heterocycles. The minimum absolute atomic E-state index is 0. The summed E-state index contributed by atoms with van der Waals surface area (Å²) < 4.78 is 11.0. The van der Waals surface area contributed by atoms with Crippen molar-refractivity contribution in [1.82, 2.24) is 5.32 Å². The molecule has 1 amide bonds. The molecule has 2 fully saturated rings. The lowest BCUT2D eigenvalue weighted by Gasteiger charge is -2.45. The quantitative estimate of drug-likeness (QED) is 0.728. The number of benzene rings is 1. The molecule has 7 heteroatoms. The molecule has 0 radical (unpaired) electrons. The molecular formula is C20H30Cl2N2O3. The molecule has 2 saturated carbocycles. The first-order valence-electron chi connectivity index (χ1n) is 9.60. The number of halogens is 2. The zero-order valence-corrected chi connectivity index (χ0v) is 17.6. The van der Waals surface area contributed by atoms with E-state index in [9.17, 15) is 4.79 Å². The Balaban J connectivity index is 0.00000261. The predicted molar refractivity (Wildman–Crippen MR) is 110 cm³/mol. The molecule has 27 heavy (non-hydrogen) atoms. The van der Waals surface area contributed by atoms with Crippen molar-refractivity contribution in [1.29, 1.82) is 0 Å². The lowest BCUT2D eigenvalue weighted by atomic mass is 9.67. The van der Waals surface area contributed by atoms with E-state index in [2.05, 4.69) is 5.32 Å². The van der Waals surface area contributed by atoms with E-state index in [1.165, 1.54) is 6.42 Å². The summed E-state index contributed by atoms with van der Waals surface area (Å²) in [5.74, 6) is 1.83. The highest BCUT2D eigenvalue weighted by atomic mass is 35.5. The Kier molecular flexibility index (Phi) is 8.07. The zero-order chi connectivity index (χ0) is 18.7. The molecular weight excluding hydrogens is 387 g/mol. The number of rotatable bonds is 6. The van der Waals surface area contributed by atoms with Crippen molar-refractivity contribution in [2.45, 2.75) is 57.5 Å². The van der Waals surface area contributed by atoms with E-state index in [0.717, 1.165) is 32.1 Å². The van der Waals surface area contributed by atoms with Crippen LogP contribution in [0.5, 0.6) is 11.5 Å². The van der Waals surface area contributed by atoms with Gasteiger partial charge in [-0.15, -0.1) is 12.4 Å². The van der Waals surface area contributed by atoms with Crippen LogP contribution in [0.15, 0.2) is 12.1 Å². The SMILES string of the molecule is CCCOc1c(Cl)cc(C(=O)NC2C3CCCC2CC(N)C3)cc1OC.Cl. The molecule has 2 aliphatic carbocycles. The fourth-order valence-corrected chi connectivity index (χ4v) is 4.72.